The Kier molecular flexibility index (Phi) is 11.0. The molecule has 0 saturated carbocycles. The lowest BCUT2D eigenvalue weighted by Crippen LogP contribution is -2.40. The number of fused-ring (bicyclic) bond motifs is 1. The molecule has 0 bridgehead atoms. The first-order valence-corrected chi connectivity index (χ1v) is 20.1. The van der Waals surface area contributed by atoms with Crippen molar-refractivity contribution in [2.75, 3.05) is 33.1 Å². The van der Waals surface area contributed by atoms with Crippen LogP contribution in [0.15, 0.2) is 132 Å². The predicted molar refractivity (Wildman–Crippen MR) is 228 cm³/mol. The number of hydrogen-bond donors (Lipinski definition) is 2. The van der Waals surface area contributed by atoms with Gasteiger partial charge in [-0.2, -0.15) is 0 Å². The molecule has 1 aliphatic rings. The van der Waals surface area contributed by atoms with E-state index in [9.17, 15) is 4.79 Å². The SMILES string of the molecule is COc1ccc(Sc2ccc(-c3ccc(-c4c[nH]c([C@@H]5CCCN5C(=O)[C@@H](c5ccccc5)N(C)C)n4)cc3)cc2Nc2ncnc3nc(C(C)C)ccc23)cc1. The first-order valence-electron chi connectivity index (χ1n) is 19.3. The number of carbonyl (C=O) groups is 1. The largest absolute Gasteiger partial charge is 0.497 e. The number of carbonyl (C=O) groups excluding carboxylic acids is 1. The van der Waals surface area contributed by atoms with Gasteiger partial charge in [0.05, 0.1) is 29.9 Å². The second-order valence-electron chi connectivity index (χ2n) is 14.8. The van der Waals surface area contributed by atoms with E-state index in [-0.39, 0.29) is 18.0 Å². The molecule has 8 rings (SSSR count). The van der Waals surface area contributed by atoms with Crippen LogP contribution in [0.5, 0.6) is 5.75 Å². The molecule has 0 aliphatic carbocycles. The topological polar surface area (TPSA) is 112 Å². The van der Waals surface area contributed by atoms with Gasteiger partial charge in [0.2, 0.25) is 5.91 Å². The molecule has 0 unspecified atom stereocenters. The summed E-state index contributed by atoms with van der Waals surface area (Å²) in [5, 5.41) is 4.49. The van der Waals surface area contributed by atoms with E-state index < -0.39 is 0 Å². The maximum atomic E-state index is 14.0. The Morgan fingerprint density at radius 3 is 2.39 bits per heavy atom. The van der Waals surface area contributed by atoms with Crippen molar-refractivity contribution in [1.82, 2.24) is 34.7 Å². The van der Waals surface area contributed by atoms with Crippen molar-refractivity contribution in [1.29, 1.82) is 0 Å². The Balaban J connectivity index is 1.05. The van der Waals surface area contributed by atoms with Crippen molar-refractivity contribution in [3.05, 3.63) is 139 Å². The van der Waals surface area contributed by atoms with Crippen LogP contribution in [-0.2, 0) is 4.79 Å². The fourth-order valence-electron chi connectivity index (χ4n) is 7.43. The fraction of sp³-hybridized carbons (Fsp3) is 0.239. The minimum Gasteiger partial charge on any atom is -0.497 e. The van der Waals surface area contributed by atoms with Gasteiger partial charge in [-0.15, -0.1) is 0 Å². The average Bonchev–Trinajstić information content (AvgIpc) is 3.93. The number of aromatic amines is 1. The Hall–Kier alpha value is -6.04. The second-order valence-corrected chi connectivity index (χ2v) is 15.9. The number of aromatic nitrogens is 5. The van der Waals surface area contributed by atoms with Crippen LogP contribution in [0.2, 0.25) is 0 Å². The summed E-state index contributed by atoms with van der Waals surface area (Å²) in [6.07, 6.45) is 5.32. The molecule has 2 atom stereocenters. The highest BCUT2D eigenvalue weighted by Gasteiger charge is 2.37. The van der Waals surface area contributed by atoms with Gasteiger partial charge < -0.3 is 19.9 Å². The number of likely N-dealkylation sites (tertiary alicyclic amines) is 1. The molecule has 1 fully saturated rings. The third kappa shape index (κ3) is 8.12. The number of imidazole rings is 1. The quantitative estimate of drug-likeness (QED) is 0.125. The number of H-pyrrole nitrogens is 1. The molecule has 0 radical (unpaired) electrons. The van der Waals surface area contributed by atoms with Crippen LogP contribution in [0.25, 0.3) is 33.4 Å². The lowest BCUT2D eigenvalue weighted by molar-refractivity contribution is -0.137. The third-order valence-corrected chi connectivity index (χ3v) is 11.5. The first-order chi connectivity index (χ1) is 27.7. The number of rotatable bonds is 12. The highest BCUT2D eigenvalue weighted by atomic mass is 32.2. The average molecular weight is 775 g/mol. The molecule has 4 aromatic carbocycles. The number of hydrogen-bond acceptors (Lipinski definition) is 9. The van der Waals surface area contributed by atoms with E-state index in [2.05, 4.69) is 88.7 Å². The Labute approximate surface area is 337 Å². The Bertz CT molecular complexity index is 2490. The van der Waals surface area contributed by atoms with E-state index in [0.29, 0.717) is 23.9 Å². The number of pyridine rings is 1. The van der Waals surface area contributed by atoms with Crippen LogP contribution in [0, 0.1) is 0 Å². The summed E-state index contributed by atoms with van der Waals surface area (Å²) in [6.45, 7) is 4.97. The molecular weight excluding hydrogens is 729 g/mol. The molecule has 2 N–H and O–H groups in total. The van der Waals surface area contributed by atoms with Gasteiger partial charge in [-0.05, 0) is 98.1 Å². The summed E-state index contributed by atoms with van der Waals surface area (Å²) in [4.78, 5) is 42.5. The van der Waals surface area contributed by atoms with Crippen LogP contribution < -0.4 is 10.1 Å². The number of anilines is 2. The molecule has 10 nitrogen and oxygen atoms in total. The highest BCUT2D eigenvalue weighted by Crippen LogP contribution is 2.40. The van der Waals surface area contributed by atoms with E-state index in [0.717, 1.165) is 78.9 Å². The van der Waals surface area contributed by atoms with Crippen molar-refractivity contribution >= 4 is 40.2 Å². The summed E-state index contributed by atoms with van der Waals surface area (Å²) in [5.41, 5.74) is 7.53. The monoisotopic (exact) mass is 774 g/mol. The van der Waals surface area contributed by atoms with Crippen molar-refractivity contribution < 1.29 is 9.53 Å². The molecular formula is C46H46N8O2S. The lowest BCUT2D eigenvalue weighted by Gasteiger charge is -2.31. The molecule has 7 aromatic rings. The number of amides is 1. The van der Waals surface area contributed by atoms with E-state index in [1.807, 2.05) is 84.7 Å². The van der Waals surface area contributed by atoms with Gasteiger partial charge in [0.15, 0.2) is 5.65 Å². The van der Waals surface area contributed by atoms with Crippen molar-refractivity contribution in [2.45, 2.75) is 54.5 Å². The van der Waals surface area contributed by atoms with Crippen LogP contribution in [0.4, 0.5) is 11.5 Å². The molecule has 4 heterocycles. The molecule has 1 aliphatic heterocycles. The fourth-order valence-corrected chi connectivity index (χ4v) is 8.31. The predicted octanol–water partition coefficient (Wildman–Crippen LogP) is 10.1. The maximum Gasteiger partial charge on any atom is 0.245 e. The second kappa shape index (κ2) is 16.6. The minimum absolute atomic E-state index is 0.100. The number of nitrogens with zero attached hydrogens (tertiary/aromatic N) is 6. The molecule has 57 heavy (non-hydrogen) atoms. The summed E-state index contributed by atoms with van der Waals surface area (Å²) in [5.74, 6) is 2.72. The number of ether oxygens (including phenoxy) is 1. The van der Waals surface area contributed by atoms with E-state index in [1.54, 1.807) is 25.2 Å². The standard InChI is InChI=1S/C46H46N8O2S/c1-29(2)37-23-22-36-43(50-37)48-28-49-44(36)51-38-26-33(17-24-41(38)57-35-20-18-34(56-5)19-21-35)30-13-15-31(16-14-30)39-27-47-45(52-39)40-12-9-25-54(40)46(55)42(53(3)4)32-10-7-6-8-11-32/h6-8,10-11,13-24,26-29,40,42H,9,12,25H2,1-5H3,(H,47,52)(H,48,49,50,51)/t40-,42+/m0/s1. The Morgan fingerprint density at radius 2 is 1.65 bits per heavy atom. The molecule has 1 saturated heterocycles. The number of likely N-dealkylation sites (N-methyl/N-ethyl adjacent to an activating group) is 1. The van der Waals surface area contributed by atoms with Gasteiger partial charge in [0, 0.05) is 33.8 Å². The number of nitrogens with one attached hydrogen (secondary N) is 2. The van der Waals surface area contributed by atoms with E-state index in [1.165, 1.54) is 0 Å². The summed E-state index contributed by atoms with van der Waals surface area (Å²) < 4.78 is 5.39. The molecule has 0 spiro atoms. The van der Waals surface area contributed by atoms with Crippen molar-refractivity contribution in [2.24, 2.45) is 0 Å². The molecule has 11 heteroatoms. The number of benzene rings is 4. The van der Waals surface area contributed by atoms with Crippen LogP contribution in [0.1, 0.15) is 61.8 Å². The summed E-state index contributed by atoms with van der Waals surface area (Å²) in [7, 11) is 5.60. The maximum absolute atomic E-state index is 14.0. The first kappa shape index (κ1) is 37.9. The van der Waals surface area contributed by atoms with Gasteiger partial charge >= 0.3 is 0 Å². The molecule has 288 valence electrons. The zero-order chi connectivity index (χ0) is 39.5. The van der Waals surface area contributed by atoms with Crippen molar-refractivity contribution in [3.8, 4) is 28.1 Å². The van der Waals surface area contributed by atoms with Gasteiger partial charge in [0.25, 0.3) is 0 Å². The van der Waals surface area contributed by atoms with Crippen LogP contribution >= 0.6 is 11.8 Å². The van der Waals surface area contributed by atoms with Gasteiger partial charge in [-0.25, -0.2) is 19.9 Å². The zero-order valence-corrected chi connectivity index (χ0v) is 33.6. The van der Waals surface area contributed by atoms with Crippen molar-refractivity contribution in [3.63, 3.8) is 0 Å². The smallest absolute Gasteiger partial charge is 0.245 e. The Morgan fingerprint density at radius 1 is 0.895 bits per heavy atom. The zero-order valence-electron chi connectivity index (χ0n) is 32.8. The molecule has 3 aromatic heterocycles. The van der Waals surface area contributed by atoms with E-state index in [4.69, 9.17) is 14.7 Å². The van der Waals surface area contributed by atoms with Gasteiger partial charge in [-0.1, -0.05) is 86.3 Å². The third-order valence-electron chi connectivity index (χ3n) is 10.5. The highest BCUT2D eigenvalue weighted by molar-refractivity contribution is 7.99. The van der Waals surface area contributed by atoms with Crippen LogP contribution in [-0.4, -0.2) is 68.4 Å². The lowest BCUT2D eigenvalue weighted by atomic mass is 10.0. The minimum atomic E-state index is -0.352. The molecule has 1 amide bonds. The summed E-state index contributed by atoms with van der Waals surface area (Å²) >= 11 is 1.67. The summed E-state index contributed by atoms with van der Waals surface area (Å²) in [6, 6.07) is 36.6. The van der Waals surface area contributed by atoms with Gasteiger partial charge in [-0.3, -0.25) is 9.69 Å². The van der Waals surface area contributed by atoms with Crippen LogP contribution in [0.3, 0.4) is 0 Å². The normalized spacial score (nSPS) is 14.7. The van der Waals surface area contributed by atoms with Gasteiger partial charge in [0.1, 0.15) is 29.8 Å². The number of methoxy groups -OCH3 is 1. The van der Waals surface area contributed by atoms with E-state index >= 15 is 0 Å².